The molecule has 0 radical (unpaired) electrons. The standard InChI is InChI=1S/C18H21NO4.C13H16O3.C8H10O2.C5H7NO2.C5H8O2/c1-6-23-17(20)13(10-19)12-9-18(2,3)14-8-16(22-5)15(21-4)7-11(12)14;1-13(2)7-10(14)8-5-11(15-3)12(16-4)6-9(8)13;1-9-7-5-3-4-6-8(7)10-2;1-2-8-5(7)3-4-6;1-4(2)3-5(6)7/h7-8H,6,9H2,1-5H3;5-6H,7H2,1-4H3;3-6H,1-2H3;2-3H2,1H3;3H,1-2H3,(H,6,7)/p+1/b13-12+;;;;. The molecule has 0 fully saturated rings. The lowest BCUT2D eigenvalue weighted by Crippen LogP contribution is -2.12. The Bertz CT molecular complexity index is 2210. The number of ether oxygens (including phenoxy) is 8. The van der Waals surface area contributed by atoms with Crippen molar-refractivity contribution in [2.24, 2.45) is 0 Å². The topological polar surface area (TPSA) is 213 Å². The number of Topliss-reactive ketones (excluding diaryl/α,β-unsaturated/α-hetero) is 1. The van der Waals surface area contributed by atoms with Crippen molar-refractivity contribution in [3.8, 4) is 46.6 Å². The van der Waals surface area contributed by atoms with E-state index in [9.17, 15) is 24.4 Å². The van der Waals surface area contributed by atoms with E-state index in [1.54, 1.807) is 82.5 Å². The summed E-state index contributed by atoms with van der Waals surface area (Å²) in [6, 6.07) is 18.7. The van der Waals surface area contributed by atoms with Crippen LogP contribution in [0, 0.1) is 22.7 Å². The molecule has 0 bridgehead atoms. The number of hydrogen-bond donors (Lipinski definition) is 0. The second kappa shape index (κ2) is 26.5. The molecule has 0 saturated carbocycles. The molecule has 0 heterocycles. The summed E-state index contributed by atoms with van der Waals surface area (Å²) in [6.45, 7) is 15.9. The number of rotatable bonds is 11. The zero-order valence-electron chi connectivity index (χ0n) is 39.5. The van der Waals surface area contributed by atoms with E-state index in [2.05, 4.69) is 32.4 Å². The molecule has 15 nitrogen and oxygen atoms in total. The van der Waals surface area contributed by atoms with E-state index in [-0.39, 0.29) is 35.2 Å². The first-order chi connectivity index (χ1) is 30.2. The van der Waals surface area contributed by atoms with Gasteiger partial charge in [0.05, 0.1) is 68.0 Å². The molecule has 0 aliphatic heterocycles. The van der Waals surface area contributed by atoms with Crippen LogP contribution in [-0.2, 0) is 34.7 Å². The highest BCUT2D eigenvalue weighted by Crippen LogP contribution is 2.50. The largest absolute Gasteiger partial charge is 0.561 e. The molecule has 0 unspecified atom stereocenters. The zero-order valence-corrected chi connectivity index (χ0v) is 39.5. The summed E-state index contributed by atoms with van der Waals surface area (Å²) in [5, 5.41) is 23.7. The Morgan fingerprint density at radius 1 is 0.672 bits per heavy atom. The Morgan fingerprint density at radius 3 is 1.47 bits per heavy atom. The number of hydrogen-bond acceptors (Lipinski definition) is 14. The van der Waals surface area contributed by atoms with Crippen molar-refractivity contribution in [1.29, 1.82) is 10.5 Å². The molecule has 64 heavy (non-hydrogen) atoms. The molecule has 2 N–H and O–H groups in total. The van der Waals surface area contributed by atoms with Crippen LogP contribution in [-0.4, -0.2) is 84.7 Å². The number of carbonyl (C=O) groups is 4. The second-order valence-electron chi connectivity index (χ2n) is 15.3. The van der Waals surface area contributed by atoms with Crippen LogP contribution >= 0.6 is 0 Å². The van der Waals surface area contributed by atoms with Crippen LogP contribution in [0.3, 0.4) is 0 Å². The summed E-state index contributed by atoms with van der Waals surface area (Å²) in [6.07, 6.45) is 2.27. The number of nitriles is 2. The molecule has 2 aliphatic rings. The van der Waals surface area contributed by atoms with Gasteiger partial charge in [0.1, 0.15) is 18.1 Å². The minimum atomic E-state index is -0.625. The van der Waals surface area contributed by atoms with Crippen LogP contribution < -0.4 is 28.4 Å². The fourth-order valence-electron chi connectivity index (χ4n) is 6.57. The van der Waals surface area contributed by atoms with Crippen LogP contribution in [0.1, 0.15) is 102 Å². The smallest absolute Gasteiger partial charge is 0.541 e. The predicted octanol–water partition coefficient (Wildman–Crippen LogP) is 8.16. The van der Waals surface area contributed by atoms with Gasteiger partial charge >= 0.3 is 17.9 Å². The lowest BCUT2D eigenvalue weighted by molar-refractivity contribution is -0.142. The Labute approximate surface area is 377 Å². The van der Waals surface area contributed by atoms with Gasteiger partial charge in [-0.05, 0) is 104 Å². The summed E-state index contributed by atoms with van der Waals surface area (Å²) in [5.74, 6) is 2.57. The molecular weight excluding hydrogens is 825 g/mol. The van der Waals surface area contributed by atoms with Crippen molar-refractivity contribution in [1.82, 2.24) is 0 Å². The SMILES string of the molecule is CC(C)=CC(=O)[OH2+].CCOC(=O)/C(C#N)=C1\CC(C)(C)c2cc(OC)c(OC)cc21.CCOC(=O)CC#N.COc1cc2c(cc1OC)C(C)(C)CC2=O.COc1ccccc1OC. The Kier molecular flexibility index (Phi) is 22.8. The van der Waals surface area contributed by atoms with E-state index >= 15 is 0 Å². The van der Waals surface area contributed by atoms with Gasteiger partial charge in [0.15, 0.2) is 40.3 Å². The number of para-hydroxylation sites is 2. The minimum Gasteiger partial charge on any atom is -0.561 e. The molecule has 0 saturated heterocycles. The third-order valence-electron chi connectivity index (χ3n) is 9.48. The summed E-state index contributed by atoms with van der Waals surface area (Å²) in [4.78, 5) is 44.0. The first-order valence-electron chi connectivity index (χ1n) is 20.2. The summed E-state index contributed by atoms with van der Waals surface area (Å²) < 4.78 is 40.6. The molecule has 2 aliphatic carbocycles. The van der Waals surface area contributed by atoms with Crippen molar-refractivity contribution in [3.05, 3.63) is 88.0 Å². The van der Waals surface area contributed by atoms with E-state index in [1.165, 1.54) is 6.08 Å². The van der Waals surface area contributed by atoms with Crippen LogP contribution in [0.15, 0.2) is 65.8 Å². The van der Waals surface area contributed by atoms with Crippen LogP contribution in [0.5, 0.6) is 34.5 Å². The molecule has 5 rings (SSSR count). The van der Waals surface area contributed by atoms with E-state index in [0.717, 1.165) is 39.3 Å². The molecule has 3 aromatic rings. The number of ketones is 1. The van der Waals surface area contributed by atoms with Gasteiger partial charge in [-0.15, -0.1) is 0 Å². The van der Waals surface area contributed by atoms with Gasteiger partial charge in [0, 0.05) is 16.8 Å². The van der Waals surface area contributed by atoms with E-state index in [4.69, 9.17) is 43.5 Å². The third kappa shape index (κ3) is 15.7. The monoisotopic (exact) mass is 887 g/mol. The Balaban J connectivity index is 0.000000434. The van der Waals surface area contributed by atoms with Gasteiger partial charge in [-0.25, -0.2) is 4.79 Å². The first kappa shape index (κ1) is 55.0. The predicted molar refractivity (Wildman–Crippen MR) is 242 cm³/mol. The molecule has 15 heteroatoms. The van der Waals surface area contributed by atoms with E-state index in [1.807, 2.05) is 48.5 Å². The molecule has 346 valence electrons. The van der Waals surface area contributed by atoms with Gasteiger partial charge in [-0.3, -0.25) is 9.59 Å². The first-order valence-corrected chi connectivity index (χ1v) is 20.2. The van der Waals surface area contributed by atoms with Crippen LogP contribution in [0.25, 0.3) is 5.57 Å². The lowest BCUT2D eigenvalue weighted by Gasteiger charge is -2.19. The average Bonchev–Trinajstić information content (AvgIpc) is 3.64. The fourth-order valence-corrected chi connectivity index (χ4v) is 6.57. The van der Waals surface area contributed by atoms with Crippen molar-refractivity contribution in [2.45, 2.75) is 85.5 Å². The van der Waals surface area contributed by atoms with Crippen molar-refractivity contribution >= 4 is 29.3 Å². The van der Waals surface area contributed by atoms with Crippen molar-refractivity contribution in [3.63, 3.8) is 0 Å². The molecule has 0 amide bonds. The van der Waals surface area contributed by atoms with Gasteiger partial charge < -0.3 is 43.0 Å². The second-order valence-corrected chi connectivity index (χ2v) is 15.3. The number of allylic oxidation sites excluding steroid dienone is 2. The van der Waals surface area contributed by atoms with E-state index in [0.29, 0.717) is 48.0 Å². The number of carbonyl (C=O) groups excluding carboxylic acids is 4. The maximum Gasteiger partial charge on any atom is 0.541 e. The molecule has 3 aromatic carbocycles. The Hall–Kier alpha value is -7.00. The molecule has 0 atom stereocenters. The van der Waals surface area contributed by atoms with Gasteiger partial charge in [0.25, 0.3) is 0 Å². The summed E-state index contributed by atoms with van der Waals surface area (Å²) in [5.41, 5.74) is 5.01. The fraction of sp³-hybridized carbons (Fsp3) is 0.429. The van der Waals surface area contributed by atoms with E-state index < -0.39 is 17.9 Å². The lowest BCUT2D eigenvalue weighted by atomic mass is 9.86. The highest BCUT2D eigenvalue weighted by molar-refractivity contribution is 6.04. The maximum absolute atomic E-state index is 12.1. The average molecular weight is 888 g/mol. The van der Waals surface area contributed by atoms with Crippen molar-refractivity contribution in [2.75, 3.05) is 55.9 Å². The van der Waals surface area contributed by atoms with Crippen LogP contribution in [0.2, 0.25) is 0 Å². The maximum atomic E-state index is 12.1. The highest BCUT2D eigenvalue weighted by Gasteiger charge is 2.38. The molecule has 0 spiro atoms. The van der Waals surface area contributed by atoms with Crippen molar-refractivity contribution < 1.29 is 62.2 Å². The summed E-state index contributed by atoms with van der Waals surface area (Å²) in [7, 11) is 9.57. The number of nitrogens with zero attached hydrogens (tertiary/aromatic N) is 2. The number of methoxy groups -OCH3 is 6. The van der Waals surface area contributed by atoms with Gasteiger partial charge in [-0.2, -0.15) is 10.5 Å². The molecule has 0 aromatic heterocycles. The minimum absolute atomic E-state index is 0.0610. The number of fused-ring (bicyclic) bond motifs is 2. The third-order valence-corrected chi connectivity index (χ3v) is 9.48. The Morgan fingerprint density at radius 2 is 1.09 bits per heavy atom. The quantitative estimate of drug-likeness (QED) is 0.0769. The zero-order chi connectivity index (χ0) is 48.8. The normalized spacial score (nSPS) is 13.6. The van der Waals surface area contributed by atoms with Gasteiger partial charge in [-0.1, -0.05) is 45.4 Å². The highest BCUT2D eigenvalue weighted by atomic mass is 16.5. The number of benzene rings is 3. The van der Waals surface area contributed by atoms with Crippen LogP contribution in [0.4, 0.5) is 0 Å². The molecular formula is C49H63N2O13+. The number of esters is 2. The summed E-state index contributed by atoms with van der Waals surface area (Å²) >= 11 is 0. The van der Waals surface area contributed by atoms with Gasteiger partial charge in [0.2, 0.25) is 0 Å².